The van der Waals surface area contributed by atoms with Crippen LogP contribution in [0.15, 0.2) is 35.2 Å². The summed E-state index contributed by atoms with van der Waals surface area (Å²) in [7, 11) is -5.50. The maximum atomic E-state index is 12.2. The van der Waals surface area contributed by atoms with E-state index in [4.69, 9.17) is 9.47 Å². The highest BCUT2D eigenvalue weighted by Crippen LogP contribution is 2.23. The second-order valence-corrected chi connectivity index (χ2v) is 9.00. The van der Waals surface area contributed by atoms with Crippen molar-refractivity contribution < 1.29 is 31.1 Å². The van der Waals surface area contributed by atoms with Crippen LogP contribution < -0.4 is 24.2 Å². The molecule has 29 heavy (non-hydrogen) atoms. The number of carbonyl (C=O) groups excluding carboxylic acids is 1. The third kappa shape index (κ3) is 5.92. The summed E-state index contributed by atoms with van der Waals surface area (Å²) in [5, 5.41) is 2.12. The molecule has 2 amide bonds. The highest BCUT2D eigenvalue weighted by atomic mass is 32.2. The van der Waals surface area contributed by atoms with Crippen LogP contribution in [0.2, 0.25) is 0 Å². The van der Waals surface area contributed by atoms with Crippen LogP contribution in [0, 0.1) is 0 Å². The Morgan fingerprint density at radius 3 is 2.17 bits per heavy atom. The number of nitrogens with zero attached hydrogens (tertiary/aromatic N) is 2. The third-order valence-electron chi connectivity index (χ3n) is 3.40. The Bertz CT molecular complexity index is 1080. The average Bonchev–Trinajstić information content (AvgIpc) is 2.66. The number of hydrogen-bond acceptors (Lipinski definition) is 9. The highest BCUT2D eigenvalue weighted by molar-refractivity contribution is 7.92. The number of methoxy groups -OCH3 is 2. The van der Waals surface area contributed by atoms with E-state index in [2.05, 4.69) is 15.3 Å². The van der Waals surface area contributed by atoms with E-state index in [0.29, 0.717) is 0 Å². The Morgan fingerprint density at radius 2 is 1.62 bits per heavy atom. The van der Waals surface area contributed by atoms with Crippen LogP contribution in [-0.4, -0.2) is 52.8 Å². The minimum atomic E-state index is -4.47. The maximum Gasteiger partial charge on any atom is 0.336 e. The van der Waals surface area contributed by atoms with Crippen LogP contribution in [0.5, 0.6) is 11.8 Å². The number of para-hydroxylation sites is 1. The number of carbonyl (C=O) groups is 1. The molecule has 1 aromatic heterocycles. The molecule has 1 aromatic carbocycles. The van der Waals surface area contributed by atoms with E-state index in [0.717, 1.165) is 0 Å². The number of hydrogen-bond donors (Lipinski definition) is 3. The molecule has 1 heterocycles. The molecule has 0 aliphatic carbocycles. The summed E-state index contributed by atoms with van der Waals surface area (Å²) in [6.07, 6.45) is 0. The number of ether oxygens (including phenoxy) is 2. The van der Waals surface area contributed by atoms with E-state index in [1.807, 2.05) is 4.72 Å². The fourth-order valence-corrected chi connectivity index (χ4v) is 4.00. The summed E-state index contributed by atoms with van der Waals surface area (Å²) in [5.74, 6) is -0.351. The monoisotopic (exact) mass is 445 g/mol. The zero-order valence-corrected chi connectivity index (χ0v) is 17.3. The van der Waals surface area contributed by atoms with Gasteiger partial charge in [0.2, 0.25) is 17.7 Å². The third-order valence-corrected chi connectivity index (χ3v) is 6.13. The smallest absolute Gasteiger partial charge is 0.336 e. The summed E-state index contributed by atoms with van der Waals surface area (Å²) >= 11 is 0. The van der Waals surface area contributed by atoms with Gasteiger partial charge in [0.1, 0.15) is 0 Å². The van der Waals surface area contributed by atoms with Crippen molar-refractivity contribution in [2.24, 2.45) is 0 Å². The predicted molar refractivity (Wildman–Crippen MR) is 104 cm³/mol. The molecule has 14 heteroatoms. The highest BCUT2D eigenvalue weighted by Gasteiger charge is 2.21. The average molecular weight is 445 g/mol. The molecular formula is C15H19N5O7S2. The standard InChI is InChI=1S/C15H19N5O7S2/c1-4-28(22,23)11-8-6-5-7-10(11)19-29(24,25)20-15(21)18-14-16-12(26-2)9-13(17-14)27-3/h5-9,19H,4H2,1-3H3,(H2,16,17,18,20,21). The lowest BCUT2D eigenvalue weighted by atomic mass is 10.3. The quantitative estimate of drug-likeness (QED) is 0.532. The molecule has 0 aliphatic heterocycles. The molecule has 158 valence electrons. The maximum absolute atomic E-state index is 12.2. The summed E-state index contributed by atoms with van der Waals surface area (Å²) < 4.78 is 62.3. The van der Waals surface area contributed by atoms with E-state index < -0.39 is 26.1 Å². The van der Waals surface area contributed by atoms with Gasteiger partial charge in [0.05, 0.1) is 36.6 Å². The van der Waals surface area contributed by atoms with Gasteiger partial charge in [-0.05, 0) is 12.1 Å². The second-order valence-electron chi connectivity index (χ2n) is 5.34. The van der Waals surface area contributed by atoms with Crippen molar-refractivity contribution >= 4 is 37.7 Å². The van der Waals surface area contributed by atoms with Crippen LogP contribution in [0.25, 0.3) is 0 Å². The fraction of sp³-hybridized carbons (Fsp3) is 0.267. The van der Waals surface area contributed by atoms with Crippen LogP contribution in [0.3, 0.4) is 0 Å². The summed E-state index contributed by atoms with van der Waals surface area (Å²) in [4.78, 5) is 19.5. The number of aromatic nitrogens is 2. The minimum absolute atomic E-state index is 0.0758. The Kier molecular flexibility index (Phi) is 6.81. The predicted octanol–water partition coefficient (Wildman–Crippen LogP) is 0.766. The normalized spacial score (nSPS) is 11.4. The number of benzene rings is 1. The van der Waals surface area contributed by atoms with Gasteiger partial charge in [-0.3, -0.25) is 10.0 Å². The molecule has 12 nitrogen and oxygen atoms in total. The molecule has 0 radical (unpaired) electrons. The van der Waals surface area contributed by atoms with Crippen LogP contribution in [0.4, 0.5) is 16.4 Å². The second kappa shape index (κ2) is 8.91. The van der Waals surface area contributed by atoms with E-state index >= 15 is 0 Å². The first-order valence-electron chi connectivity index (χ1n) is 8.00. The minimum Gasteiger partial charge on any atom is -0.481 e. The molecule has 0 unspecified atom stereocenters. The Balaban J connectivity index is 2.18. The zero-order chi connectivity index (χ0) is 21.7. The van der Waals surface area contributed by atoms with Gasteiger partial charge in [0.15, 0.2) is 9.84 Å². The van der Waals surface area contributed by atoms with Gasteiger partial charge in [-0.2, -0.15) is 18.4 Å². The summed E-state index contributed by atoms with van der Waals surface area (Å²) in [5.41, 5.74) is -0.200. The van der Waals surface area contributed by atoms with Gasteiger partial charge in [-0.15, -0.1) is 0 Å². The molecule has 0 aliphatic rings. The molecule has 0 saturated heterocycles. The molecule has 0 bridgehead atoms. The molecule has 2 aromatic rings. The number of urea groups is 1. The number of amides is 2. The lowest BCUT2D eigenvalue weighted by molar-refractivity contribution is 0.256. The summed E-state index contributed by atoms with van der Waals surface area (Å²) in [6.45, 7) is 1.43. The SMILES string of the molecule is CCS(=O)(=O)c1ccccc1NS(=O)(=O)NC(=O)Nc1nc(OC)cc(OC)n1. The first-order valence-corrected chi connectivity index (χ1v) is 11.1. The lowest BCUT2D eigenvalue weighted by Crippen LogP contribution is -2.38. The van der Waals surface area contributed by atoms with E-state index in [9.17, 15) is 21.6 Å². The Labute approximate surface area is 167 Å². The fourth-order valence-electron chi connectivity index (χ4n) is 2.07. The first-order chi connectivity index (χ1) is 13.6. The van der Waals surface area contributed by atoms with Crippen molar-refractivity contribution in [3.05, 3.63) is 30.3 Å². The van der Waals surface area contributed by atoms with Gasteiger partial charge in [0.25, 0.3) is 0 Å². The van der Waals surface area contributed by atoms with Crippen LogP contribution >= 0.6 is 0 Å². The van der Waals surface area contributed by atoms with Crippen molar-refractivity contribution in [3.8, 4) is 11.8 Å². The van der Waals surface area contributed by atoms with Crippen molar-refractivity contribution in [1.29, 1.82) is 0 Å². The van der Waals surface area contributed by atoms with E-state index in [-0.39, 0.29) is 34.0 Å². The molecule has 0 spiro atoms. The van der Waals surface area contributed by atoms with Crippen molar-refractivity contribution in [2.45, 2.75) is 11.8 Å². The van der Waals surface area contributed by atoms with Gasteiger partial charge in [0, 0.05) is 0 Å². The summed E-state index contributed by atoms with van der Waals surface area (Å²) in [6, 6.07) is 5.58. The first kappa shape index (κ1) is 22.2. The van der Waals surface area contributed by atoms with Gasteiger partial charge in [-0.25, -0.2) is 17.9 Å². The number of anilines is 2. The number of sulfone groups is 1. The topological polar surface area (TPSA) is 166 Å². The van der Waals surface area contributed by atoms with Gasteiger partial charge in [-0.1, -0.05) is 19.1 Å². The largest absolute Gasteiger partial charge is 0.481 e. The molecule has 2 rings (SSSR count). The molecule has 3 N–H and O–H groups in total. The van der Waals surface area contributed by atoms with Gasteiger partial charge >= 0.3 is 16.2 Å². The van der Waals surface area contributed by atoms with E-state index in [1.165, 1.54) is 51.5 Å². The van der Waals surface area contributed by atoms with E-state index in [1.54, 1.807) is 4.72 Å². The van der Waals surface area contributed by atoms with Crippen LogP contribution in [0.1, 0.15) is 6.92 Å². The Hall–Kier alpha value is -3.13. The van der Waals surface area contributed by atoms with Gasteiger partial charge < -0.3 is 9.47 Å². The Morgan fingerprint density at radius 1 is 1.03 bits per heavy atom. The number of rotatable bonds is 8. The molecule has 0 saturated carbocycles. The van der Waals surface area contributed by atoms with Crippen molar-refractivity contribution in [2.75, 3.05) is 30.0 Å². The zero-order valence-electron chi connectivity index (χ0n) is 15.7. The van der Waals surface area contributed by atoms with Crippen molar-refractivity contribution in [3.63, 3.8) is 0 Å². The molecular weight excluding hydrogens is 426 g/mol. The number of nitrogens with one attached hydrogen (secondary N) is 3. The van der Waals surface area contributed by atoms with Crippen molar-refractivity contribution in [1.82, 2.24) is 14.7 Å². The van der Waals surface area contributed by atoms with Crippen LogP contribution in [-0.2, 0) is 20.0 Å². The molecule has 0 atom stereocenters. The molecule has 0 fully saturated rings. The lowest BCUT2D eigenvalue weighted by Gasteiger charge is -2.13.